The van der Waals surface area contributed by atoms with Crippen molar-refractivity contribution in [2.75, 3.05) is 46.4 Å². The minimum absolute atomic E-state index is 0.151. The van der Waals surface area contributed by atoms with Crippen LogP contribution in [0.25, 0.3) is 0 Å². The number of β-amino-alcohol motifs (C(OH)–C–C–N with tert-alkyl or cyclic N) is 1. The summed E-state index contributed by atoms with van der Waals surface area (Å²) in [4.78, 5) is 16.8. The second kappa shape index (κ2) is 6.67. The van der Waals surface area contributed by atoms with Gasteiger partial charge in [-0.2, -0.15) is 0 Å². The number of carbonyl (C=O) groups excluding carboxylic acids is 1. The molecule has 1 aliphatic carbocycles. The maximum atomic E-state index is 12.6. The predicted molar refractivity (Wildman–Crippen MR) is 83.9 cm³/mol. The fraction of sp³-hybridized carbons (Fsp3) is 0.588. The van der Waals surface area contributed by atoms with Crippen LogP contribution >= 0.6 is 0 Å². The number of rotatable bonds is 5. The molecule has 1 saturated heterocycles. The molecule has 1 amide bonds. The number of nitrogens with zero attached hydrogens (tertiary/aromatic N) is 2. The van der Waals surface area contributed by atoms with Gasteiger partial charge in [0.05, 0.1) is 13.7 Å². The number of amides is 1. The predicted octanol–water partition coefficient (Wildman–Crippen LogP) is 0.935. The maximum absolute atomic E-state index is 12.6. The van der Waals surface area contributed by atoms with Crippen molar-refractivity contribution in [2.45, 2.75) is 12.3 Å². The Morgan fingerprint density at radius 3 is 2.50 bits per heavy atom. The van der Waals surface area contributed by atoms with Crippen molar-refractivity contribution < 1.29 is 14.6 Å². The first-order chi connectivity index (χ1) is 10.7. The number of methoxy groups -OCH3 is 1. The first kappa shape index (κ1) is 15.3. The van der Waals surface area contributed by atoms with E-state index >= 15 is 0 Å². The highest BCUT2D eigenvalue weighted by atomic mass is 16.5. The third kappa shape index (κ3) is 3.25. The van der Waals surface area contributed by atoms with Gasteiger partial charge >= 0.3 is 0 Å². The molecule has 1 N–H and O–H groups in total. The van der Waals surface area contributed by atoms with E-state index in [9.17, 15) is 4.79 Å². The topological polar surface area (TPSA) is 53.0 Å². The molecule has 120 valence electrons. The fourth-order valence-corrected chi connectivity index (χ4v) is 3.26. The average Bonchev–Trinajstić information content (AvgIpc) is 3.36. The maximum Gasteiger partial charge on any atom is 0.226 e. The van der Waals surface area contributed by atoms with Gasteiger partial charge in [0.15, 0.2) is 0 Å². The van der Waals surface area contributed by atoms with E-state index in [-0.39, 0.29) is 12.5 Å². The van der Waals surface area contributed by atoms with Crippen LogP contribution in [-0.2, 0) is 4.79 Å². The first-order valence-corrected chi connectivity index (χ1v) is 7.99. The van der Waals surface area contributed by atoms with E-state index in [1.807, 2.05) is 17.0 Å². The summed E-state index contributed by atoms with van der Waals surface area (Å²) < 4.78 is 5.17. The molecule has 1 aliphatic heterocycles. The lowest BCUT2D eigenvalue weighted by atomic mass is 10.1. The lowest BCUT2D eigenvalue weighted by Crippen LogP contribution is -2.49. The molecule has 1 aromatic carbocycles. The molecule has 1 heterocycles. The van der Waals surface area contributed by atoms with Gasteiger partial charge in [-0.25, -0.2) is 0 Å². The molecule has 0 radical (unpaired) electrons. The van der Waals surface area contributed by atoms with Gasteiger partial charge in [0.2, 0.25) is 5.91 Å². The number of hydrogen-bond donors (Lipinski definition) is 1. The number of carbonyl (C=O) groups is 1. The molecule has 22 heavy (non-hydrogen) atoms. The highest BCUT2D eigenvalue weighted by Crippen LogP contribution is 2.48. The van der Waals surface area contributed by atoms with Crippen molar-refractivity contribution in [2.24, 2.45) is 5.92 Å². The molecule has 2 aliphatic rings. The van der Waals surface area contributed by atoms with Gasteiger partial charge in [-0.1, -0.05) is 12.1 Å². The number of piperazine rings is 1. The average molecular weight is 304 g/mol. The molecule has 1 aromatic rings. The second-order valence-electron chi connectivity index (χ2n) is 6.11. The molecule has 0 bridgehead atoms. The summed E-state index contributed by atoms with van der Waals surface area (Å²) in [5.74, 6) is 1.67. The second-order valence-corrected chi connectivity index (χ2v) is 6.11. The van der Waals surface area contributed by atoms with Gasteiger partial charge in [0.25, 0.3) is 0 Å². The Morgan fingerprint density at radius 1 is 1.23 bits per heavy atom. The molecule has 1 saturated carbocycles. The quantitative estimate of drug-likeness (QED) is 0.879. The summed E-state index contributed by atoms with van der Waals surface area (Å²) in [6.07, 6.45) is 0.960. The van der Waals surface area contributed by atoms with E-state index in [1.165, 1.54) is 5.56 Å². The van der Waals surface area contributed by atoms with Crippen LogP contribution in [-0.4, -0.2) is 67.3 Å². The Morgan fingerprint density at radius 2 is 1.91 bits per heavy atom. The van der Waals surface area contributed by atoms with Crippen LogP contribution in [0.1, 0.15) is 17.9 Å². The molecule has 3 rings (SSSR count). The summed E-state index contributed by atoms with van der Waals surface area (Å²) in [6.45, 7) is 4.20. The SMILES string of the molecule is COc1ccc([C@H]2C[C@H]2C(=O)N2CCN(CCO)CC2)cc1. The Kier molecular flexibility index (Phi) is 4.64. The van der Waals surface area contributed by atoms with Gasteiger partial charge in [-0.05, 0) is 30.0 Å². The standard InChI is InChI=1S/C17H24N2O3/c1-22-14-4-2-13(3-5-14)15-12-16(15)17(21)19-8-6-18(7-9-19)10-11-20/h2-5,15-16,20H,6-12H2,1H3/t15-,16-/m1/s1. The van der Waals surface area contributed by atoms with E-state index in [4.69, 9.17) is 9.84 Å². The number of aliphatic hydroxyl groups excluding tert-OH is 1. The van der Waals surface area contributed by atoms with Gasteiger partial charge in [-0.3, -0.25) is 9.69 Å². The van der Waals surface area contributed by atoms with Crippen LogP contribution in [0.4, 0.5) is 0 Å². The van der Waals surface area contributed by atoms with E-state index < -0.39 is 0 Å². The normalized spacial score (nSPS) is 25.1. The summed E-state index contributed by atoms with van der Waals surface area (Å²) in [7, 11) is 1.66. The summed E-state index contributed by atoms with van der Waals surface area (Å²) in [6, 6.07) is 8.05. The summed E-state index contributed by atoms with van der Waals surface area (Å²) in [5.41, 5.74) is 1.23. The largest absolute Gasteiger partial charge is 0.497 e. The van der Waals surface area contributed by atoms with Crippen molar-refractivity contribution in [1.29, 1.82) is 0 Å². The fourth-order valence-electron chi connectivity index (χ4n) is 3.26. The van der Waals surface area contributed by atoms with Crippen LogP contribution in [0.3, 0.4) is 0 Å². The smallest absolute Gasteiger partial charge is 0.226 e. The minimum Gasteiger partial charge on any atom is -0.497 e. The first-order valence-electron chi connectivity index (χ1n) is 7.99. The zero-order valence-electron chi connectivity index (χ0n) is 13.1. The van der Waals surface area contributed by atoms with Gasteiger partial charge in [0, 0.05) is 38.6 Å². The summed E-state index contributed by atoms with van der Waals surface area (Å²) in [5, 5.41) is 8.96. The Bertz CT molecular complexity index is 509. The molecule has 0 spiro atoms. The van der Waals surface area contributed by atoms with Crippen LogP contribution in [0, 0.1) is 5.92 Å². The number of benzene rings is 1. The monoisotopic (exact) mass is 304 g/mol. The number of hydrogen-bond acceptors (Lipinski definition) is 4. The highest BCUT2D eigenvalue weighted by molar-refractivity contribution is 5.83. The molecule has 2 fully saturated rings. The van der Waals surface area contributed by atoms with Crippen molar-refractivity contribution in [3.8, 4) is 5.75 Å². The van der Waals surface area contributed by atoms with Gasteiger partial charge < -0.3 is 14.7 Å². The van der Waals surface area contributed by atoms with E-state index in [2.05, 4.69) is 17.0 Å². The highest BCUT2D eigenvalue weighted by Gasteiger charge is 2.46. The van der Waals surface area contributed by atoms with Gasteiger partial charge in [-0.15, -0.1) is 0 Å². The van der Waals surface area contributed by atoms with Crippen LogP contribution in [0.2, 0.25) is 0 Å². The van der Waals surface area contributed by atoms with Crippen molar-refractivity contribution >= 4 is 5.91 Å². The summed E-state index contributed by atoms with van der Waals surface area (Å²) >= 11 is 0. The molecular weight excluding hydrogens is 280 g/mol. The van der Waals surface area contributed by atoms with Crippen LogP contribution in [0.5, 0.6) is 5.75 Å². The molecule has 0 unspecified atom stereocenters. The minimum atomic E-state index is 0.151. The van der Waals surface area contributed by atoms with Crippen molar-refractivity contribution in [1.82, 2.24) is 9.80 Å². The zero-order chi connectivity index (χ0) is 15.5. The molecule has 5 heteroatoms. The lowest BCUT2D eigenvalue weighted by Gasteiger charge is -2.34. The van der Waals surface area contributed by atoms with Crippen LogP contribution < -0.4 is 4.74 Å². The van der Waals surface area contributed by atoms with Crippen molar-refractivity contribution in [3.63, 3.8) is 0 Å². The molecule has 2 atom stereocenters. The third-order valence-corrected chi connectivity index (χ3v) is 4.75. The molecular formula is C17H24N2O3. The van der Waals surface area contributed by atoms with E-state index in [1.54, 1.807) is 7.11 Å². The molecule has 5 nitrogen and oxygen atoms in total. The van der Waals surface area contributed by atoms with E-state index in [0.29, 0.717) is 18.4 Å². The van der Waals surface area contributed by atoms with Crippen molar-refractivity contribution in [3.05, 3.63) is 29.8 Å². The van der Waals surface area contributed by atoms with Gasteiger partial charge in [0.1, 0.15) is 5.75 Å². The zero-order valence-corrected chi connectivity index (χ0v) is 13.1. The molecule has 0 aromatic heterocycles. The van der Waals surface area contributed by atoms with E-state index in [0.717, 1.165) is 38.3 Å². The third-order valence-electron chi connectivity index (χ3n) is 4.75. The number of ether oxygens (including phenoxy) is 1. The Balaban J connectivity index is 1.52. The van der Waals surface area contributed by atoms with Crippen LogP contribution in [0.15, 0.2) is 24.3 Å². The number of aliphatic hydroxyl groups is 1. The Hall–Kier alpha value is -1.59. The lowest BCUT2D eigenvalue weighted by molar-refractivity contribution is -0.134. The Labute approximate surface area is 131 Å².